The summed E-state index contributed by atoms with van der Waals surface area (Å²) in [6.45, 7) is 10.2. The summed E-state index contributed by atoms with van der Waals surface area (Å²) in [4.78, 5) is 22.4. The molecule has 0 radical (unpaired) electrons. The Morgan fingerprint density at radius 2 is 1.72 bits per heavy atom. The fourth-order valence-electron chi connectivity index (χ4n) is 2.69. The lowest BCUT2D eigenvalue weighted by Gasteiger charge is -2.24. The van der Waals surface area contributed by atoms with Gasteiger partial charge >= 0.3 is 5.97 Å². The van der Waals surface area contributed by atoms with E-state index in [4.69, 9.17) is 14.2 Å². The summed E-state index contributed by atoms with van der Waals surface area (Å²) < 4.78 is 16.6. The lowest BCUT2D eigenvalue weighted by Crippen LogP contribution is -2.27. The number of carbonyl (C=O) groups excluding carboxylic acids is 2. The van der Waals surface area contributed by atoms with Crippen molar-refractivity contribution in [2.45, 2.75) is 27.4 Å². The lowest BCUT2D eigenvalue weighted by molar-refractivity contribution is -0.143. The summed E-state index contributed by atoms with van der Waals surface area (Å²) in [5.41, 5.74) is 3.62. The van der Waals surface area contributed by atoms with Crippen LogP contribution in [0.15, 0.2) is 54.6 Å². The maximum absolute atomic E-state index is 11.6. The number of hydrogen-bond donors (Lipinski definition) is 0. The van der Waals surface area contributed by atoms with E-state index in [1.807, 2.05) is 44.2 Å². The minimum atomic E-state index is -0.395. The smallest absolute Gasteiger partial charge is 0.333 e. The molecule has 0 saturated heterocycles. The molecule has 0 aliphatic rings. The number of hydrogen-bond acceptors (Lipinski definition) is 5. The first-order valence-electron chi connectivity index (χ1n) is 9.38. The molecule has 0 atom stereocenters. The Bertz CT molecular complexity index is 865. The third-order valence-corrected chi connectivity index (χ3v) is 4.35. The van der Waals surface area contributed by atoms with Crippen LogP contribution in [0.4, 0.5) is 0 Å². The minimum Gasteiger partial charge on any atom is -0.496 e. The summed E-state index contributed by atoms with van der Waals surface area (Å²) in [6.07, 6.45) is 0.826. The molecule has 0 unspecified atom stereocenters. The van der Waals surface area contributed by atoms with Crippen LogP contribution in [0.5, 0.6) is 5.75 Å². The van der Waals surface area contributed by atoms with E-state index in [1.54, 1.807) is 26.2 Å². The van der Waals surface area contributed by atoms with Crippen LogP contribution in [-0.4, -0.2) is 32.6 Å². The second kappa shape index (κ2) is 10.0. The quantitative estimate of drug-likeness (QED) is 0.327. The normalized spacial score (nSPS) is 11.0. The van der Waals surface area contributed by atoms with Gasteiger partial charge in [-0.2, -0.15) is 0 Å². The van der Waals surface area contributed by atoms with Gasteiger partial charge in [0.05, 0.1) is 26.9 Å². The van der Waals surface area contributed by atoms with E-state index in [-0.39, 0.29) is 12.0 Å². The van der Waals surface area contributed by atoms with Crippen molar-refractivity contribution >= 4 is 12.3 Å². The average Bonchev–Trinajstić information content (AvgIpc) is 2.71. The third kappa shape index (κ3) is 6.57. The minimum absolute atomic E-state index is 0.249. The number of ether oxygens (including phenoxy) is 3. The number of rotatable bonds is 10. The van der Waals surface area contributed by atoms with Crippen LogP contribution >= 0.6 is 0 Å². The predicted octanol–water partition coefficient (Wildman–Crippen LogP) is 4.84. The largest absolute Gasteiger partial charge is 0.496 e. The second-order valence-corrected chi connectivity index (χ2v) is 7.78. The Labute approximate surface area is 172 Å². The van der Waals surface area contributed by atoms with Crippen molar-refractivity contribution in [1.82, 2.24) is 0 Å². The van der Waals surface area contributed by atoms with Gasteiger partial charge in [0.1, 0.15) is 12.0 Å². The Balaban J connectivity index is 2.04. The molecule has 0 bridgehead atoms. The van der Waals surface area contributed by atoms with Crippen LogP contribution in [0, 0.1) is 5.41 Å². The van der Waals surface area contributed by atoms with E-state index in [0.29, 0.717) is 24.4 Å². The molecule has 2 rings (SSSR count). The summed E-state index contributed by atoms with van der Waals surface area (Å²) in [6, 6.07) is 13.3. The van der Waals surface area contributed by atoms with Gasteiger partial charge in [-0.1, -0.05) is 50.8 Å². The van der Waals surface area contributed by atoms with E-state index in [9.17, 15) is 9.59 Å². The predicted molar refractivity (Wildman–Crippen MR) is 113 cm³/mol. The Kier molecular flexibility index (Phi) is 7.74. The van der Waals surface area contributed by atoms with Gasteiger partial charge in [-0.25, -0.2) is 4.79 Å². The van der Waals surface area contributed by atoms with Crippen molar-refractivity contribution in [2.24, 2.45) is 5.41 Å². The first-order valence-corrected chi connectivity index (χ1v) is 9.38. The fourth-order valence-corrected chi connectivity index (χ4v) is 2.69. The third-order valence-electron chi connectivity index (χ3n) is 4.35. The van der Waals surface area contributed by atoms with E-state index in [2.05, 4.69) is 6.58 Å². The van der Waals surface area contributed by atoms with Crippen molar-refractivity contribution in [2.75, 3.05) is 20.3 Å². The first kappa shape index (κ1) is 22.4. The molecular formula is C24H28O5. The van der Waals surface area contributed by atoms with Gasteiger partial charge in [0.2, 0.25) is 0 Å². The maximum atomic E-state index is 11.6. The van der Waals surface area contributed by atoms with Gasteiger partial charge in [0, 0.05) is 22.1 Å². The van der Waals surface area contributed by atoms with Gasteiger partial charge in [-0.3, -0.25) is 4.79 Å². The fraction of sp³-hybridized carbons (Fsp3) is 0.333. The molecule has 0 aliphatic heterocycles. The van der Waals surface area contributed by atoms with Gasteiger partial charge in [-0.05, 0) is 30.2 Å². The summed E-state index contributed by atoms with van der Waals surface area (Å²) in [5, 5.41) is 0. The zero-order chi connectivity index (χ0) is 21.4. The topological polar surface area (TPSA) is 61.8 Å². The van der Waals surface area contributed by atoms with E-state index in [0.717, 1.165) is 28.7 Å². The number of benzene rings is 2. The standard InChI is InChI=1S/C24H28O5/c1-17(2)23(26)29-16-24(3,4)15-28-14-21-12-20(10-11-22(21)27-5)19-8-6-18(13-25)7-9-19/h6-13H,1,14-16H2,2-5H3. The van der Waals surface area contributed by atoms with Crippen LogP contribution in [0.1, 0.15) is 36.7 Å². The molecular weight excluding hydrogens is 368 g/mol. The number of carbonyl (C=O) groups is 2. The number of aldehydes is 1. The van der Waals surface area contributed by atoms with Crippen molar-refractivity contribution in [3.63, 3.8) is 0 Å². The first-order chi connectivity index (χ1) is 13.8. The molecule has 0 N–H and O–H groups in total. The zero-order valence-electron chi connectivity index (χ0n) is 17.5. The maximum Gasteiger partial charge on any atom is 0.333 e. The van der Waals surface area contributed by atoms with Crippen molar-refractivity contribution in [1.29, 1.82) is 0 Å². The van der Waals surface area contributed by atoms with Crippen molar-refractivity contribution in [3.8, 4) is 16.9 Å². The monoisotopic (exact) mass is 396 g/mol. The number of esters is 1. The molecule has 0 fully saturated rings. The van der Waals surface area contributed by atoms with E-state index >= 15 is 0 Å². The molecule has 154 valence electrons. The molecule has 2 aromatic carbocycles. The second-order valence-electron chi connectivity index (χ2n) is 7.78. The molecule has 2 aromatic rings. The molecule has 0 aliphatic carbocycles. The highest BCUT2D eigenvalue weighted by Crippen LogP contribution is 2.28. The summed E-state index contributed by atoms with van der Waals surface area (Å²) >= 11 is 0. The van der Waals surface area contributed by atoms with Crippen LogP contribution in [0.3, 0.4) is 0 Å². The molecule has 29 heavy (non-hydrogen) atoms. The molecule has 5 heteroatoms. The van der Waals surface area contributed by atoms with Gasteiger partial charge in [0.25, 0.3) is 0 Å². The highest BCUT2D eigenvalue weighted by atomic mass is 16.5. The van der Waals surface area contributed by atoms with Crippen LogP contribution < -0.4 is 4.74 Å². The average molecular weight is 396 g/mol. The van der Waals surface area contributed by atoms with Crippen LogP contribution in [0.25, 0.3) is 11.1 Å². The highest BCUT2D eigenvalue weighted by molar-refractivity contribution is 5.86. The van der Waals surface area contributed by atoms with Crippen LogP contribution in [-0.2, 0) is 20.9 Å². The molecule has 0 saturated carbocycles. The zero-order valence-corrected chi connectivity index (χ0v) is 17.5. The Morgan fingerprint density at radius 1 is 1.07 bits per heavy atom. The Morgan fingerprint density at radius 3 is 2.31 bits per heavy atom. The molecule has 0 aromatic heterocycles. The molecule has 0 amide bonds. The van der Waals surface area contributed by atoms with Crippen molar-refractivity contribution < 1.29 is 23.8 Å². The lowest BCUT2D eigenvalue weighted by atomic mass is 9.96. The van der Waals surface area contributed by atoms with Crippen LogP contribution in [0.2, 0.25) is 0 Å². The van der Waals surface area contributed by atoms with E-state index in [1.165, 1.54) is 0 Å². The SMILES string of the molecule is C=C(C)C(=O)OCC(C)(C)COCc1cc(-c2ccc(C=O)cc2)ccc1OC. The highest BCUT2D eigenvalue weighted by Gasteiger charge is 2.21. The Hall–Kier alpha value is -2.92. The molecule has 0 heterocycles. The number of methoxy groups -OCH3 is 1. The van der Waals surface area contributed by atoms with Gasteiger partial charge < -0.3 is 14.2 Å². The summed E-state index contributed by atoms with van der Waals surface area (Å²) in [5.74, 6) is 0.345. The van der Waals surface area contributed by atoms with E-state index < -0.39 is 5.97 Å². The molecule has 5 nitrogen and oxygen atoms in total. The summed E-state index contributed by atoms with van der Waals surface area (Å²) in [7, 11) is 1.62. The van der Waals surface area contributed by atoms with Gasteiger partial charge in [0.15, 0.2) is 0 Å². The molecule has 0 spiro atoms. The van der Waals surface area contributed by atoms with Gasteiger partial charge in [-0.15, -0.1) is 0 Å². The van der Waals surface area contributed by atoms with Crippen molar-refractivity contribution in [3.05, 3.63) is 65.7 Å².